The Balaban J connectivity index is 2.06. The predicted octanol–water partition coefficient (Wildman–Crippen LogP) is 4.91. The van der Waals surface area contributed by atoms with E-state index in [9.17, 15) is 5.26 Å². The number of aromatic amines is 1. The summed E-state index contributed by atoms with van der Waals surface area (Å²) in [7, 11) is 0. The molecule has 0 unspecified atom stereocenters. The molecule has 0 saturated heterocycles. The third-order valence-corrected chi connectivity index (χ3v) is 3.70. The molecule has 0 aliphatic heterocycles. The first-order valence-corrected chi connectivity index (χ1v) is 7.29. The van der Waals surface area contributed by atoms with Crippen LogP contribution in [-0.2, 0) is 6.42 Å². The third-order valence-electron chi connectivity index (χ3n) is 3.70. The maximum atomic E-state index is 9.47. The van der Waals surface area contributed by atoms with E-state index in [1.54, 1.807) is 0 Å². The summed E-state index contributed by atoms with van der Waals surface area (Å²) in [6.07, 6.45) is 1.08. The highest BCUT2D eigenvalue weighted by Crippen LogP contribution is 2.29. The molecule has 2 aromatic carbocycles. The fourth-order valence-corrected chi connectivity index (χ4v) is 2.75. The van der Waals surface area contributed by atoms with Gasteiger partial charge in [-0.3, -0.25) is 0 Å². The van der Waals surface area contributed by atoms with Crippen molar-refractivity contribution in [3.05, 3.63) is 59.7 Å². The Kier molecular flexibility index (Phi) is 3.50. The fraction of sp³-hybridized carbons (Fsp3) is 0.211. The van der Waals surface area contributed by atoms with Crippen LogP contribution < -0.4 is 0 Å². The van der Waals surface area contributed by atoms with Gasteiger partial charge in [-0.2, -0.15) is 5.26 Å². The molecule has 0 aliphatic carbocycles. The van der Waals surface area contributed by atoms with Crippen LogP contribution in [0.1, 0.15) is 25.0 Å². The molecule has 1 aromatic heterocycles. The van der Waals surface area contributed by atoms with Gasteiger partial charge in [-0.1, -0.05) is 56.3 Å². The van der Waals surface area contributed by atoms with Crippen LogP contribution in [-0.4, -0.2) is 4.98 Å². The number of nitrogens with zero attached hydrogens (tertiary/aromatic N) is 1. The van der Waals surface area contributed by atoms with E-state index < -0.39 is 0 Å². The number of aromatic nitrogens is 1. The van der Waals surface area contributed by atoms with Gasteiger partial charge in [0.15, 0.2) is 0 Å². The molecule has 104 valence electrons. The first-order valence-electron chi connectivity index (χ1n) is 7.29. The molecule has 3 rings (SSSR count). The van der Waals surface area contributed by atoms with Crippen molar-refractivity contribution in [1.29, 1.82) is 5.26 Å². The largest absolute Gasteiger partial charge is 0.353 e. The Morgan fingerprint density at radius 3 is 2.43 bits per heavy atom. The lowest BCUT2D eigenvalue weighted by Gasteiger charge is -2.06. The molecule has 1 heterocycles. The smallest absolute Gasteiger partial charge is 0.102 e. The van der Waals surface area contributed by atoms with Gasteiger partial charge >= 0.3 is 0 Å². The molecule has 2 nitrogen and oxygen atoms in total. The Morgan fingerprint density at radius 1 is 1.05 bits per heavy atom. The molecular weight excluding hydrogens is 256 g/mol. The Hall–Kier alpha value is -2.53. The van der Waals surface area contributed by atoms with E-state index in [-0.39, 0.29) is 0 Å². The van der Waals surface area contributed by atoms with Crippen molar-refractivity contribution in [2.75, 3.05) is 0 Å². The Morgan fingerprint density at radius 2 is 1.76 bits per heavy atom. The molecule has 0 atom stereocenters. The summed E-state index contributed by atoms with van der Waals surface area (Å²) < 4.78 is 0. The van der Waals surface area contributed by atoms with Crippen LogP contribution in [0.4, 0.5) is 0 Å². The first-order chi connectivity index (χ1) is 10.2. The molecule has 0 saturated carbocycles. The highest BCUT2D eigenvalue weighted by Gasteiger charge is 2.12. The average Bonchev–Trinajstić information content (AvgIpc) is 2.86. The zero-order valence-corrected chi connectivity index (χ0v) is 12.4. The van der Waals surface area contributed by atoms with Gasteiger partial charge in [0.1, 0.15) is 6.07 Å². The van der Waals surface area contributed by atoms with Crippen molar-refractivity contribution in [3.8, 4) is 17.3 Å². The van der Waals surface area contributed by atoms with Gasteiger partial charge < -0.3 is 4.98 Å². The van der Waals surface area contributed by atoms with Crippen LogP contribution >= 0.6 is 0 Å². The van der Waals surface area contributed by atoms with Gasteiger partial charge in [-0.05, 0) is 29.5 Å². The monoisotopic (exact) mass is 274 g/mol. The van der Waals surface area contributed by atoms with Crippen LogP contribution in [0.15, 0.2) is 48.5 Å². The van der Waals surface area contributed by atoms with E-state index in [0.717, 1.165) is 34.1 Å². The van der Waals surface area contributed by atoms with Crippen LogP contribution in [0.2, 0.25) is 0 Å². The highest BCUT2D eigenvalue weighted by atomic mass is 14.7. The minimum Gasteiger partial charge on any atom is -0.353 e. The zero-order valence-electron chi connectivity index (χ0n) is 12.4. The molecule has 0 bridgehead atoms. The van der Waals surface area contributed by atoms with E-state index in [1.807, 2.05) is 24.3 Å². The third kappa shape index (κ3) is 2.55. The van der Waals surface area contributed by atoms with E-state index in [0.29, 0.717) is 5.92 Å². The summed E-state index contributed by atoms with van der Waals surface area (Å²) in [6, 6.07) is 18.8. The lowest BCUT2D eigenvalue weighted by Crippen LogP contribution is -1.93. The molecule has 2 heteroatoms. The Bertz CT molecular complexity index is 802. The summed E-state index contributed by atoms with van der Waals surface area (Å²) in [6.45, 7) is 4.44. The first kappa shape index (κ1) is 13.5. The van der Waals surface area contributed by atoms with Crippen LogP contribution in [0, 0.1) is 17.2 Å². The number of nitrogens with one attached hydrogen (secondary N) is 1. The van der Waals surface area contributed by atoms with Gasteiger partial charge in [-0.15, -0.1) is 0 Å². The molecule has 0 aliphatic rings. The topological polar surface area (TPSA) is 39.6 Å². The number of benzene rings is 2. The maximum absolute atomic E-state index is 9.47. The molecule has 0 radical (unpaired) electrons. The van der Waals surface area contributed by atoms with Crippen molar-refractivity contribution in [2.24, 2.45) is 5.92 Å². The second kappa shape index (κ2) is 5.46. The summed E-state index contributed by atoms with van der Waals surface area (Å²) in [5, 5.41) is 10.5. The van der Waals surface area contributed by atoms with Gasteiger partial charge in [0.05, 0.1) is 11.3 Å². The van der Waals surface area contributed by atoms with Crippen LogP contribution in [0.25, 0.3) is 22.2 Å². The Labute approximate surface area is 125 Å². The molecule has 21 heavy (non-hydrogen) atoms. The number of fused-ring (bicyclic) bond motifs is 1. The fourth-order valence-electron chi connectivity index (χ4n) is 2.75. The van der Waals surface area contributed by atoms with Crippen molar-refractivity contribution in [3.63, 3.8) is 0 Å². The normalized spacial score (nSPS) is 11.0. The van der Waals surface area contributed by atoms with Crippen molar-refractivity contribution in [1.82, 2.24) is 4.98 Å². The second-order valence-corrected chi connectivity index (χ2v) is 5.83. The summed E-state index contributed by atoms with van der Waals surface area (Å²) in [5.41, 5.74) is 5.05. The zero-order chi connectivity index (χ0) is 14.8. The van der Waals surface area contributed by atoms with Gasteiger partial charge in [0.25, 0.3) is 0 Å². The van der Waals surface area contributed by atoms with Crippen molar-refractivity contribution >= 4 is 10.9 Å². The molecule has 0 fully saturated rings. The summed E-state index contributed by atoms with van der Waals surface area (Å²) >= 11 is 0. The SMILES string of the molecule is CC(C)Cc1ccc(-c2[nH]c3ccccc3c2C#N)cc1. The number of para-hydroxylation sites is 1. The van der Waals surface area contributed by atoms with Crippen molar-refractivity contribution in [2.45, 2.75) is 20.3 Å². The van der Waals surface area contributed by atoms with Gasteiger partial charge in [-0.25, -0.2) is 0 Å². The summed E-state index contributed by atoms with van der Waals surface area (Å²) in [5.74, 6) is 0.651. The molecule has 0 spiro atoms. The van der Waals surface area contributed by atoms with Crippen LogP contribution in [0.3, 0.4) is 0 Å². The molecule has 1 N–H and O–H groups in total. The number of hydrogen-bond donors (Lipinski definition) is 1. The molecular formula is C19H18N2. The number of H-pyrrole nitrogens is 1. The van der Waals surface area contributed by atoms with E-state index in [4.69, 9.17) is 0 Å². The molecule has 3 aromatic rings. The minimum atomic E-state index is 0.651. The summed E-state index contributed by atoms with van der Waals surface area (Å²) in [4.78, 5) is 3.37. The minimum absolute atomic E-state index is 0.651. The van der Waals surface area contributed by atoms with Gasteiger partial charge in [0, 0.05) is 10.9 Å². The standard InChI is InChI=1S/C19H18N2/c1-13(2)11-14-7-9-15(10-8-14)19-17(12-20)16-5-3-4-6-18(16)21-19/h3-10,13,21H,11H2,1-2H3. The predicted molar refractivity (Wildman–Crippen MR) is 87.0 cm³/mol. The quantitative estimate of drug-likeness (QED) is 0.724. The average molecular weight is 274 g/mol. The van der Waals surface area contributed by atoms with Crippen molar-refractivity contribution < 1.29 is 0 Å². The number of nitriles is 1. The highest BCUT2D eigenvalue weighted by molar-refractivity contribution is 5.93. The maximum Gasteiger partial charge on any atom is 0.102 e. The van der Waals surface area contributed by atoms with E-state index in [1.165, 1.54) is 5.56 Å². The second-order valence-electron chi connectivity index (χ2n) is 5.83. The van der Waals surface area contributed by atoms with E-state index >= 15 is 0 Å². The lowest BCUT2D eigenvalue weighted by atomic mass is 10.00. The van der Waals surface area contributed by atoms with Gasteiger partial charge in [0.2, 0.25) is 0 Å². The lowest BCUT2D eigenvalue weighted by molar-refractivity contribution is 0.647. The molecule has 0 amide bonds. The number of rotatable bonds is 3. The number of hydrogen-bond acceptors (Lipinski definition) is 1. The van der Waals surface area contributed by atoms with Crippen LogP contribution in [0.5, 0.6) is 0 Å². The van der Waals surface area contributed by atoms with E-state index in [2.05, 4.69) is 49.2 Å².